The van der Waals surface area contributed by atoms with Crippen molar-refractivity contribution in [3.63, 3.8) is 0 Å². The Morgan fingerprint density at radius 3 is 2.63 bits per heavy atom. The lowest BCUT2D eigenvalue weighted by atomic mass is 9.93. The second-order valence-corrected chi connectivity index (χ2v) is 7.80. The average molecular weight is 415 g/mol. The molecule has 5 nitrogen and oxygen atoms in total. The fourth-order valence-corrected chi connectivity index (χ4v) is 3.61. The lowest BCUT2D eigenvalue weighted by molar-refractivity contribution is -0.121. The zero-order valence-electron chi connectivity index (χ0n) is 17.1. The standard InChI is InChI=1S/C23H27F2N3O2/c1-16-4-9-20(10-5-16)27-23(30)28-12-2-3-17(15-28)6-11-22(29)26-14-18-7-8-19(24)13-21(18)25/h4-5,7-10,13,17H,2-3,6,11-12,14-15H2,1H3,(H,26,29)(H,27,30). The van der Waals surface area contributed by atoms with Crippen molar-refractivity contribution >= 4 is 17.6 Å². The number of carbonyl (C=O) groups excluding carboxylic acids is 2. The SMILES string of the molecule is Cc1ccc(NC(=O)N2CCCC(CCC(=O)NCc3ccc(F)cc3F)C2)cc1. The molecule has 1 aliphatic rings. The molecule has 1 aliphatic heterocycles. The molecule has 0 saturated carbocycles. The minimum atomic E-state index is -0.669. The number of hydrogen-bond donors (Lipinski definition) is 2. The molecule has 0 radical (unpaired) electrons. The highest BCUT2D eigenvalue weighted by Gasteiger charge is 2.24. The number of likely N-dealkylation sites (tertiary alicyclic amines) is 1. The normalized spacial score (nSPS) is 16.2. The summed E-state index contributed by atoms with van der Waals surface area (Å²) in [5, 5.41) is 5.59. The molecule has 2 N–H and O–H groups in total. The van der Waals surface area contributed by atoms with Crippen LogP contribution >= 0.6 is 0 Å². The molecule has 7 heteroatoms. The lowest BCUT2D eigenvalue weighted by Crippen LogP contribution is -2.42. The Morgan fingerprint density at radius 1 is 1.13 bits per heavy atom. The van der Waals surface area contributed by atoms with E-state index in [1.54, 1.807) is 4.90 Å². The van der Waals surface area contributed by atoms with Gasteiger partial charge in [-0.25, -0.2) is 13.6 Å². The molecule has 0 aromatic heterocycles. The highest BCUT2D eigenvalue weighted by molar-refractivity contribution is 5.89. The number of nitrogens with one attached hydrogen (secondary N) is 2. The first-order valence-corrected chi connectivity index (χ1v) is 10.2. The van der Waals surface area contributed by atoms with Gasteiger partial charge in [-0.1, -0.05) is 23.8 Å². The second-order valence-electron chi connectivity index (χ2n) is 7.80. The topological polar surface area (TPSA) is 61.4 Å². The minimum absolute atomic E-state index is 0.0285. The van der Waals surface area contributed by atoms with Gasteiger partial charge in [-0.2, -0.15) is 0 Å². The summed E-state index contributed by atoms with van der Waals surface area (Å²) < 4.78 is 26.6. The van der Waals surface area contributed by atoms with Gasteiger partial charge in [0.2, 0.25) is 5.91 Å². The third kappa shape index (κ3) is 6.27. The molecule has 2 aromatic carbocycles. The largest absolute Gasteiger partial charge is 0.352 e. The Morgan fingerprint density at radius 2 is 1.90 bits per heavy atom. The smallest absolute Gasteiger partial charge is 0.321 e. The van der Waals surface area contributed by atoms with Gasteiger partial charge in [0, 0.05) is 43.4 Å². The molecule has 3 rings (SSSR count). The van der Waals surface area contributed by atoms with E-state index in [0.29, 0.717) is 25.9 Å². The Hall–Kier alpha value is -2.96. The fourth-order valence-electron chi connectivity index (χ4n) is 3.61. The van der Waals surface area contributed by atoms with E-state index in [1.165, 1.54) is 12.1 Å². The van der Waals surface area contributed by atoms with Crippen LogP contribution in [0.15, 0.2) is 42.5 Å². The van der Waals surface area contributed by atoms with Gasteiger partial charge in [-0.3, -0.25) is 4.79 Å². The monoisotopic (exact) mass is 415 g/mol. The van der Waals surface area contributed by atoms with Crippen molar-refractivity contribution in [1.82, 2.24) is 10.2 Å². The number of urea groups is 1. The third-order valence-electron chi connectivity index (χ3n) is 5.38. The van der Waals surface area contributed by atoms with Crippen molar-refractivity contribution in [3.8, 4) is 0 Å². The highest BCUT2D eigenvalue weighted by atomic mass is 19.1. The number of amides is 3. The molecule has 0 bridgehead atoms. The van der Waals surface area contributed by atoms with E-state index >= 15 is 0 Å². The Balaban J connectivity index is 1.42. The first-order chi connectivity index (χ1) is 14.4. The fraction of sp³-hybridized carbons (Fsp3) is 0.391. The predicted octanol–water partition coefficient (Wildman–Crippen LogP) is 4.61. The zero-order valence-corrected chi connectivity index (χ0v) is 17.1. The number of anilines is 1. The van der Waals surface area contributed by atoms with Gasteiger partial charge in [0.05, 0.1) is 0 Å². The summed E-state index contributed by atoms with van der Waals surface area (Å²) in [5.41, 5.74) is 2.15. The van der Waals surface area contributed by atoms with Gasteiger partial charge in [0.1, 0.15) is 11.6 Å². The van der Waals surface area contributed by atoms with Crippen molar-refractivity contribution < 1.29 is 18.4 Å². The van der Waals surface area contributed by atoms with Crippen molar-refractivity contribution in [3.05, 3.63) is 65.2 Å². The molecule has 1 fully saturated rings. The van der Waals surface area contributed by atoms with Gasteiger partial charge in [-0.05, 0) is 50.3 Å². The van der Waals surface area contributed by atoms with Crippen molar-refractivity contribution in [2.75, 3.05) is 18.4 Å². The summed E-state index contributed by atoms with van der Waals surface area (Å²) in [6.45, 7) is 3.33. The zero-order chi connectivity index (χ0) is 21.5. The van der Waals surface area contributed by atoms with Crippen LogP contribution in [0, 0.1) is 24.5 Å². The van der Waals surface area contributed by atoms with E-state index in [9.17, 15) is 18.4 Å². The molecule has 2 aromatic rings. The van der Waals surface area contributed by atoms with E-state index in [4.69, 9.17) is 0 Å². The van der Waals surface area contributed by atoms with Crippen LogP contribution in [-0.4, -0.2) is 29.9 Å². The summed E-state index contributed by atoms with van der Waals surface area (Å²) in [6.07, 6.45) is 2.83. The summed E-state index contributed by atoms with van der Waals surface area (Å²) in [6, 6.07) is 10.8. The van der Waals surface area contributed by atoms with Crippen LogP contribution in [0.3, 0.4) is 0 Å². The maximum atomic E-state index is 13.6. The molecular weight excluding hydrogens is 388 g/mol. The molecule has 160 valence electrons. The summed E-state index contributed by atoms with van der Waals surface area (Å²) in [4.78, 5) is 26.4. The van der Waals surface area contributed by atoms with Crippen LogP contribution < -0.4 is 10.6 Å². The number of nitrogens with zero attached hydrogens (tertiary/aromatic N) is 1. The molecule has 1 atom stereocenters. The van der Waals surface area contributed by atoms with Gasteiger partial charge in [0.25, 0.3) is 0 Å². The average Bonchev–Trinajstić information content (AvgIpc) is 2.73. The summed E-state index contributed by atoms with van der Waals surface area (Å²) >= 11 is 0. The van der Waals surface area contributed by atoms with E-state index in [0.717, 1.165) is 30.2 Å². The van der Waals surface area contributed by atoms with Crippen molar-refractivity contribution in [2.24, 2.45) is 5.92 Å². The quantitative estimate of drug-likeness (QED) is 0.724. The predicted molar refractivity (Wildman–Crippen MR) is 112 cm³/mol. The Kier molecular flexibility index (Phi) is 7.38. The van der Waals surface area contributed by atoms with E-state index in [-0.39, 0.29) is 30.0 Å². The molecular formula is C23H27F2N3O2. The third-order valence-corrected chi connectivity index (χ3v) is 5.38. The maximum absolute atomic E-state index is 13.6. The summed E-state index contributed by atoms with van der Waals surface area (Å²) in [5.74, 6) is -1.25. The first-order valence-electron chi connectivity index (χ1n) is 10.2. The van der Waals surface area contributed by atoms with Crippen molar-refractivity contribution in [1.29, 1.82) is 0 Å². The van der Waals surface area contributed by atoms with Crippen LogP contribution in [0.2, 0.25) is 0 Å². The molecule has 1 saturated heterocycles. The summed E-state index contributed by atoms with van der Waals surface area (Å²) in [7, 11) is 0. The van der Waals surface area contributed by atoms with Crippen LogP contribution in [0.25, 0.3) is 0 Å². The van der Waals surface area contributed by atoms with Crippen molar-refractivity contribution in [2.45, 2.75) is 39.2 Å². The van der Waals surface area contributed by atoms with Crippen LogP contribution in [0.4, 0.5) is 19.3 Å². The number of piperidine rings is 1. The van der Waals surface area contributed by atoms with Gasteiger partial charge < -0.3 is 15.5 Å². The molecule has 3 amide bonds. The number of rotatable bonds is 6. The van der Waals surface area contributed by atoms with Gasteiger partial charge in [0.15, 0.2) is 0 Å². The van der Waals surface area contributed by atoms with Gasteiger partial charge >= 0.3 is 6.03 Å². The second kappa shape index (κ2) is 10.2. The highest BCUT2D eigenvalue weighted by Crippen LogP contribution is 2.22. The van der Waals surface area contributed by atoms with Gasteiger partial charge in [-0.15, -0.1) is 0 Å². The van der Waals surface area contributed by atoms with E-state index in [1.807, 2.05) is 31.2 Å². The molecule has 1 heterocycles. The molecule has 0 spiro atoms. The Labute approximate surface area is 175 Å². The first kappa shape index (κ1) is 21.7. The molecule has 1 unspecified atom stereocenters. The number of halogens is 2. The molecule has 30 heavy (non-hydrogen) atoms. The number of aryl methyl sites for hydroxylation is 1. The van der Waals surface area contributed by atoms with Crippen LogP contribution in [0.1, 0.15) is 36.8 Å². The maximum Gasteiger partial charge on any atom is 0.321 e. The van der Waals surface area contributed by atoms with E-state index in [2.05, 4.69) is 10.6 Å². The number of hydrogen-bond acceptors (Lipinski definition) is 2. The number of carbonyl (C=O) groups is 2. The lowest BCUT2D eigenvalue weighted by Gasteiger charge is -2.32. The van der Waals surface area contributed by atoms with Crippen LogP contribution in [-0.2, 0) is 11.3 Å². The van der Waals surface area contributed by atoms with Crippen LogP contribution in [0.5, 0.6) is 0 Å². The Bertz CT molecular complexity index is 887. The number of benzene rings is 2. The molecule has 0 aliphatic carbocycles. The minimum Gasteiger partial charge on any atom is -0.352 e. The van der Waals surface area contributed by atoms with E-state index < -0.39 is 11.6 Å².